The highest BCUT2D eigenvalue weighted by Crippen LogP contribution is 2.44. The zero-order valence-corrected chi connectivity index (χ0v) is 54.1. The average molecular weight is 1350 g/mol. The van der Waals surface area contributed by atoms with Crippen molar-refractivity contribution in [1.29, 1.82) is 5.26 Å². The van der Waals surface area contributed by atoms with Gasteiger partial charge in [0.15, 0.2) is 21.7 Å². The summed E-state index contributed by atoms with van der Waals surface area (Å²) in [5, 5.41) is 40.4. The van der Waals surface area contributed by atoms with E-state index in [1.807, 2.05) is 46.8 Å². The van der Waals surface area contributed by atoms with Crippen molar-refractivity contribution in [2.75, 3.05) is 63.0 Å². The molecule has 0 bridgehead atoms. The van der Waals surface area contributed by atoms with Gasteiger partial charge in [-0.1, -0.05) is 55.1 Å². The van der Waals surface area contributed by atoms with Crippen molar-refractivity contribution in [3.05, 3.63) is 141 Å². The van der Waals surface area contributed by atoms with Gasteiger partial charge in [0.25, 0.3) is 21.9 Å². The van der Waals surface area contributed by atoms with E-state index >= 15 is 0 Å². The summed E-state index contributed by atoms with van der Waals surface area (Å²) in [7, 11) is -11.4. The van der Waals surface area contributed by atoms with E-state index in [4.69, 9.17) is 46.8 Å². The minimum absolute atomic E-state index is 0.0679. The Labute approximate surface area is 537 Å². The first-order chi connectivity index (χ1) is 43.4. The maximum Gasteiger partial charge on any atom is 0.425 e. The molecule has 7 rings (SSSR count). The Bertz CT molecular complexity index is 4370. The maximum absolute atomic E-state index is 13.4. The van der Waals surface area contributed by atoms with Crippen LogP contribution >= 0.6 is 34.4 Å². The van der Waals surface area contributed by atoms with E-state index < -0.39 is 70.7 Å². The smallest absolute Gasteiger partial charge is 0.372 e. The standard InChI is InChI=1S/C57H55N15O7S4.2O3S/c1-9-71(10-2)38-24-26-44(67-69-53-43(33-58)50(83(77,78)79)49(82-53)32-42(35(7)74)52(76)61-37-22-18-15-19-23-37)46(28-38)62-55-64-56(66-57(65-55)80-13-5)63-47-29-39(72(11-3)12-4)25-27-45(47)68-70-54-48(59-8)31-40(81-54)30-41(34(6)73)51(75)60-36-20-16-14-17-21-36;2*1-4(2)3/h14-32H,9-13H2,1-7H3,(H,60,75)(H,61,76)(H,77,78,79)(H2,62,63,64,65,66);;/b41-30+,42-32-,69-67?,70-68?;;. The molecule has 0 unspecified atom stereocenters. The molecule has 0 saturated heterocycles. The van der Waals surface area contributed by atoms with E-state index in [2.05, 4.69) is 56.4 Å². The van der Waals surface area contributed by atoms with Gasteiger partial charge in [-0.2, -0.15) is 33.7 Å². The number of amides is 2. The van der Waals surface area contributed by atoms with Crippen molar-refractivity contribution in [3.8, 4) is 6.07 Å². The zero-order valence-electron chi connectivity index (χ0n) is 49.2. The Hall–Kier alpha value is -10.1. The average Bonchev–Trinajstić information content (AvgIpc) is 1.73. The number of benzene rings is 4. The van der Waals surface area contributed by atoms with Crippen LogP contribution in [0.15, 0.2) is 145 Å². The number of thioether (sulfide) groups is 1. The molecule has 3 aromatic heterocycles. The van der Waals surface area contributed by atoms with E-state index in [9.17, 15) is 37.4 Å². The quantitative estimate of drug-likeness (QED) is 0.00675. The van der Waals surface area contributed by atoms with E-state index in [0.29, 0.717) is 81.7 Å². The number of thiophene rings is 2. The minimum Gasteiger partial charge on any atom is -0.372 e. The fraction of sp³-hybridized carbons (Fsp3) is 0.211. The molecule has 3 heterocycles. The lowest BCUT2D eigenvalue weighted by atomic mass is 10.1. The molecule has 0 atom stereocenters. The first-order valence-electron chi connectivity index (χ1n) is 26.7. The summed E-state index contributed by atoms with van der Waals surface area (Å²) in [5.74, 6) is -1.90. The molecular formula is C57H55N15O13S6. The molecule has 34 heteroatoms. The number of Topliss-reactive ketones (excluding diaryl/α,β-unsaturated/α-hetero) is 2. The van der Waals surface area contributed by atoms with Crippen LogP contribution < -0.4 is 31.1 Å². The van der Waals surface area contributed by atoms with Gasteiger partial charge in [-0.15, -0.1) is 63.3 Å². The van der Waals surface area contributed by atoms with Gasteiger partial charge in [0.1, 0.15) is 32.9 Å². The summed E-state index contributed by atoms with van der Waals surface area (Å²) in [4.78, 5) is 73.5. The molecule has 0 aliphatic rings. The van der Waals surface area contributed by atoms with Crippen LogP contribution in [0, 0.1) is 17.9 Å². The number of carbonyl (C=O) groups excluding carboxylic acids is 4. The van der Waals surface area contributed by atoms with E-state index in [1.54, 1.807) is 91.0 Å². The Morgan fingerprint density at radius 2 is 1.10 bits per heavy atom. The van der Waals surface area contributed by atoms with E-state index in [0.717, 1.165) is 35.7 Å². The minimum atomic E-state index is -5.14. The predicted octanol–water partition coefficient (Wildman–Crippen LogP) is 12.0. The van der Waals surface area contributed by atoms with E-state index in [-0.39, 0.29) is 43.7 Å². The van der Waals surface area contributed by atoms with Crippen LogP contribution in [0.2, 0.25) is 0 Å². The third-order valence-corrected chi connectivity index (χ3v) is 15.8. The van der Waals surface area contributed by atoms with Crippen molar-refractivity contribution in [3.63, 3.8) is 0 Å². The SMILES string of the molecule is O=S(=O)=O.O=S(=O)=O.[C-]#[N+]c1cc(/C=C(\C(C)=O)C(=O)Nc2ccccc2)sc1N=Nc1ccc(N(CC)CC)cc1Nc1nc(Nc2cc(N(CC)CC)ccc2N=Nc2sc(/C=C(/C(C)=O)C(=O)Nc3ccccc3)c(S(=O)(=O)O)c2C#N)nc(SCC)n1. The van der Waals surface area contributed by atoms with Gasteiger partial charge >= 0.3 is 21.2 Å². The Morgan fingerprint density at radius 1 is 0.659 bits per heavy atom. The van der Waals surface area contributed by atoms with Gasteiger partial charge in [0.2, 0.25) is 17.6 Å². The normalized spacial score (nSPS) is 11.2. The number of nitriles is 1. The fourth-order valence-electron chi connectivity index (χ4n) is 8.02. The number of ketones is 2. The molecule has 4 aromatic carbocycles. The van der Waals surface area contributed by atoms with Crippen LogP contribution in [0.4, 0.5) is 73.1 Å². The number of rotatable bonds is 25. The van der Waals surface area contributed by atoms with Gasteiger partial charge in [-0.25, -0.2) is 4.85 Å². The molecular weight excluding hydrogens is 1300 g/mol. The summed E-state index contributed by atoms with van der Waals surface area (Å²) < 4.78 is 86.9. The molecule has 0 fully saturated rings. The van der Waals surface area contributed by atoms with Gasteiger partial charge in [0.05, 0.1) is 34.0 Å². The summed E-state index contributed by atoms with van der Waals surface area (Å²) in [6, 6.07) is 31.1. The second-order valence-corrected chi connectivity index (χ2v) is 23.4. The molecule has 91 heavy (non-hydrogen) atoms. The molecule has 0 aliphatic carbocycles. The number of nitrogens with zero attached hydrogens (tertiary/aromatic N) is 11. The molecule has 0 aliphatic heterocycles. The van der Waals surface area contributed by atoms with Crippen molar-refractivity contribution >= 4 is 174 Å². The molecule has 2 amide bonds. The summed E-state index contributed by atoms with van der Waals surface area (Å²) >= 11 is 3.04. The molecule has 0 spiro atoms. The number of nitrogens with one attached hydrogen (secondary N) is 4. The van der Waals surface area contributed by atoms with Gasteiger partial charge in [-0.05, 0) is 126 Å². The highest BCUT2D eigenvalue weighted by molar-refractivity contribution is 7.99. The first-order valence-corrected chi connectivity index (χ1v) is 32.7. The van der Waals surface area contributed by atoms with Gasteiger partial charge in [0, 0.05) is 53.8 Å². The number of hydrogen-bond donors (Lipinski definition) is 5. The van der Waals surface area contributed by atoms with Crippen LogP contribution in [0.5, 0.6) is 0 Å². The second kappa shape index (κ2) is 34.6. The monoisotopic (exact) mass is 1350 g/mol. The largest absolute Gasteiger partial charge is 0.425 e. The topological polar surface area (TPSA) is 396 Å². The zero-order chi connectivity index (χ0) is 67.0. The lowest BCUT2D eigenvalue weighted by molar-refractivity contribution is -0.120. The van der Waals surface area contributed by atoms with Gasteiger partial charge in [-0.3, -0.25) is 23.7 Å². The fourth-order valence-corrected chi connectivity index (χ4v) is 11.6. The predicted molar refractivity (Wildman–Crippen MR) is 347 cm³/mol. The van der Waals surface area contributed by atoms with Crippen molar-refractivity contribution in [1.82, 2.24) is 15.0 Å². The van der Waals surface area contributed by atoms with Crippen LogP contribution in [-0.2, 0) is 50.5 Å². The summed E-state index contributed by atoms with van der Waals surface area (Å²) in [5.41, 5.74) is 2.80. The molecule has 0 radical (unpaired) electrons. The Balaban J connectivity index is 0.00000177. The molecule has 472 valence electrons. The number of carbonyl (C=O) groups is 4. The van der Waals surface area contributed by atoms with Crippen LogP contribution in [-0.4, -0.2) is 108 Å². The van der Waals surface area contributed by atoms with Crippen LogP contribution in [0.3, 0.4) is 0 Å². The number of hydrogen-bond acceptors (Lipinski definition) is 27. The van der Waals surface area contributed by atoms with Gasteiger partial charge < -0.3 is 31.1 Å². The van der Waals surface area contributed by atoms with Crippen molar-refractivity contribution in [2.45, 2.75) is 58.5 Å². The summed E-state index contributed by atoms with van der Waals surface area (Å²) in [6.45, 7) is 23.0. The van der Waals surface area contributed by atoms with E-state index in [1.165, 1.54) is 30.8 Å². The number of aromatic nitrogens is 3. The molecule has 0 saturated carbocycles. The van der Waals surface area contributed by atoms with Crippen LogP contribution in [0.25, 0.3) is 17.0 Å². The third-order valence-electron chi connectivity index (χ3n) is 12.0. The summed E-state index contributed by atoms with van der Waals surface area (Å²) in [6.07, 6.45) is 2.41. The highest BCUT2D eigenvalue weighted by atomic mass is 32.2. The lowest BCUT2D eigenvalue weighted by Crippen LogP contribution is -2.21. The Kier molecular flexibility index (Phi) is 27.3. The van der Waals surface area contributed by atoms with Crippen molar-refractivity contribution < 1.29 is 57.4 Å². The molecule has 5 N–H and O–H groups in total. The molecule has 28 nitrogen and oxygen atoms in total. The van der Waals surface area contributed by atoms with Crippen molar-refractivity contribution in [2.24, 2.45) is 20.5 Å². The number of anilines is 8. The number of azo groups is 2. The lowest BCUT2D eigenvalue weighted by Gasteiger charge is -2.22. The Morgan fingerprint density at radius 3 is 1.49 bits per heavy atom. The number of para-hydroxylation sites is 2. The highest BCUT2D eigenvalue weighted by Gasteiger charge is 2.29. The molecule has 7 aromatic rings. The van der Waals surface area contributed by atoms with Crippen LogP contribution in [0.1, 0.15) is 63.8 Å². The second-order valence-electron chi connectivity index (χ2n) is 17.9. The third kappa shape index (κ3) is 21.3. The first kappa shape index (κ1) is 71.7. The maximum atomic E-state index is 13.4.